The van der Waals surface area contributed by atoms with E-state index in [0.717, 1.165) is 11.3 Å². The Hall–Kier alpha value is -1.07. The molecule has 1 atom stereocenters. The molecule has 0 saturated carbocycles. The number of benzene rings is 1. The zero-order valence-corrected chi connectivity index (χ0v) is 12.8. The fraction of sp³-hybridized carbons (Fsp3) is 0.571. The second kappa shape index (κ2) is 6.91. The van der Waals surface area contributed by atoms with Crippen molar-refractivity contribution in [3.63, 3.8) is 0 Å². The number of para-hydroxylation sites is 1. The normalized spacial score (nSPS) is 13.5. The molecule has 0 aliphatic carbocycles. The molecule has 0 bridgehead atoms. The highest BCUT2D eigenvalue weighted by Gasteiger charge is 2.16. The average Bonchev–Trinajstić information content (AvgIpc) is 2.38. The number of nitrogens with one attached hydrogen (secondary N) is 1. The molecule has 0 amide bonds. The second-order valence-corrected chi connectivity index (χ2v) is 7.51. The zero-order chi connectivity index (χ0) is 14.5. The minimum absolute atomic E-state index is 0.0542. The molecule has 0 aliphatic rings. The maximum absolute atomic E-state index is 11.7. The summed E-state index contributed by atoms with van der Waals surface area (Å²) in [5.41, 5.74) is 1.03. The molecule has 1 rings (SSSR count). The molecular formula is C14H23NO3S. The molecule has 0 fully saturated rings. The van der Waals surface area contributed by atoms with Crippen LogP contribution in [0.15, 0.2) is 24.3 Å². The third kappa shape index (κ3) is 4.51. The molecule has 0 saturated heterocycles. The van der Waals surface area contributed by atoms with Crippen molar-refractivity contribution in [1.29, 1.82) is 0 Å². The number of rotatable bonds is 7. The maximum atomic E-state index is 11.7. The Balaban J connectivity index is 2.59. The van der Waals surface area contributed by atoms with Crippen molar-refractivity contribution < 1.29 is 13.2 Å². The zero-order valence-electron chi connectivity index (χ0n) is 12.0. The van der Waals surface area contributed by atoms with E-state index in [-0.39, 0.29) is 17.0 Å². The van der Waals surface area contributed by atoms with E-state index < -0.39 is 9.84 Å². The van der Waals surface area contributed by atoms with Crippen LogP contribution >= 0.6 is 0 Å². The van der Waals surface area contributed by atoms with Gasteiger partial charge in [0, 0.05) is 18.2 Å². The standard InChI is InChI=1S/C14H23NO3S/c1-11(2)19(16,17)10-9-15-12(3)13-7-5-6-8-14(13)18-4/h5-8,11-12,15H,9-10H2,1-4H3/t12-/m0/s1. The summed E-state index contributed by atoms with van der Waals surface area (Å²) in [5.74, 6) is 0.971. The summed E-state index contributed by atoms with van der Waals surface area (Å²) in [5, 5.41) is 2.90. The first-order chi connectivity index (χ1) is 8.88. The van der Waals surface area contributed by atoms with Gasteiger partial charge in [0.15, 0.2) is 9.84 Å². The summed E-state index contributed by atoms with van der Waals surface area (Å²) in [6.45, 7) is 5.86. The van der Waals surface area contributed by atoms with Crippen LogP contribution in [0.2, 0.25) is 0 Å². The predicted molar refractivity (Wildman–Crippen MR) is 78.3 cm³/mol. The summed E-state index contributed by atoms with van der Waals surface area (Å²) < 4.78 is 28.7. The summed E-state index contributed by atoms with van der Waals surface area (Å²) in [6.07, 6.45) is 0. The van der Waals surface area contributed by atoms with Gasteiger partial charge in [-0.15, -0.1) is 0 Å². The molecule has 0 aliphatic heterocycles. The van der Waals surface area contributed by atoms with Gasteiger partial charge in [-0.25, -0.2) is 8.42 Å². The van der Waals surface area contributed by atoms with Gasteiger partial charge >= 0.3 is 0 Å². The van der Waals surface area contributed by atoms with Gasteiger partial charge in [0.05, 0.1) is 18.1 Å². The van der Waals surface area contributed by atoms with Gasteiger partial charge in [-0.05, 0) is 26.8 Å². The van der Waals surface area contributed by atoms with Crippen LogP contribution in [0, 0.1) is 0 Å². The predicted octanol–water partition coefficient (Wildman–Crippen LogP) is 2.17. The van der Waals surface area contributed by atoms with Crippen LogP contribution in [-0.2, 0) is 9.84 Å². The topological polar surface area (TPSA) is 55.4 Å². The minimum atomic E-state index is -2.99. The molecule has 19 heavy (non-hydrogen) atoms. The van der Waals surface area contributed by atoms with E-state index in [0.29, 0.717) is 6.54 Å². The van der Waals surface area contributed by atoms with Gasteiger partial charge in [-0.1, -0.05) is 18.2 Å². The molecule has 0 radical (unpaired) electrons. The lowest BCUT2D eigenvalue weighted by Gasteiger charge is -2.17. The van der Waals surface area contributed by atoms with Gasteiger partial charge in [-0.2, -0.15) is 0 Å². The first kappa shape index (κ1) is 16.0. The largest absolute Gasteiger partial charge is 0.496 e. The Morgan fingerprint density at radius 2 is 1.84 bits per heavy atom. The molecule has 0 heterocycles. The van der Waals surface area contributed by atoms with E-state index in [9.17, 15) is 8.42 Å². The van der Waals surface area contributed by atoms with Crippen LogP contribution in [0.25, 0.3) is 0 Å². The quantitative estimate of drug-likeness (QED) is 0.834. The lowest BCUT2D eigenvalue weighted by molar-refractivity contribution is 0.402. The minimum Gasteiger partial charge on any atom is -0.496 e. The SMILES string of the molecule is COc1ccccc1[C@H](C)NCCS(=O)(=O)C(C)C. The number of methoxy groups -OCH3 is 1. The van der Waals surface area contributed by atoms with Gasteiger partial charge in [0.2, 0.25) is 0 Å². The Bertz CT molecular complexity index is 497. The molecule has 1 N–H and O–H groups in total. The average molecular weight is 285 g/mol. The Morgan fingerprint density at radius 3 is 2.42 bits per heavy atom. The molecule has 0 aromatic heterocycles. The monoisotopic (exact) mass is 285 g/mol. The van der Waals surface area contributed by atoms with Crippen LogP contribution in [-0.4, -0.2) is 33.1 Å². The molecule has 0 spiro atoms. The third-order valence-electron chi connectivity index (χ3n) is 3.16. The van der Waals surface area contributed by atoms with Gasteiger partial charge < -0.3 is 10.1 Å². The number of hydrogen-bond acceptors (Lipinski definition) is 4. The van der Waals surface area contributed by atoms with Crippen LogP contribution in [0.4, 0.5) is 0 Å². The molecule has 5 heteroatoms. The Kier molecular flexibility index (Phi) is 5.82. The smallest absolute Gasteiger partial charge is 0.153 e. The highest BCUT2D eigenvalue weighted by atomic mass is 32.2. The van der Waals surface area contributed by atoms with E-state index in [1.54, 1.807) is 21.0 Å². The van der Waals surface area contributed by atoms with Crippen molar-refractivity contribution >= 4 is 9.84 Å². The van der Waals surface area contributed by atoms with Crippen molar-refractivity contribution in [1.82, 2.24) is 5.32 Å². The van der Waals surface area contributed by atoms with E-state index in [2.05, 4.69) is 5.32 Å². The van der Waals surface area contributed by atoms with Crippen LogP contribution in [0.3, 0.4) is 0 Å². The number of ether oxygens (including phenoxy) is 1. The molecule has 1 aromatic rings. The lowest BCUT2D eigenvalue weighted by atomic mass is 10.1. The van der Waals surface area contributed by atoms with Crippen molar-refractivity contribution in [3.8, 4) is 5.75 Å². The third-order valence-corrected chi connectivity index (χ3v) is 5.37. The summed E-state index contributed by atoms with van der Waals surface area (Å²) in [7, 11) is -1.35. The highest BCUT2D eigenvalue weighted by Crippen LogP contribution is 2.24. The first-order valence-corrected chi connectivity index (χ1v) is 8.18. The van der Waals surface area contributed by atoms with E-state index >= 15 is 0 Å². The van der Waals surface area contributed by atoms with Gasteiger partial charge in [0.25, 0.3) is 0 Å². The summed E-state index contributed by atoms with van der Waals surface area (Å²) in [6, 6.07) is 7.80. The number of hydrogen-bond donors (Lipinski definition) is 1. The second-order valence-electron chi connectivity index (χ2n) is 4.83. The molecule has 108 valence electrons. The van der Waals surface area contributed by atoms with Gasteiger partial charge in [-0.3, -0.25) is 0 Å². The van der Waals surface area contributed by atoms with E-state index in [1.165, 1.54) is 0 Å². The maximum Gasteiger partial charge on any atom is 0.153 e. The lowest BCUT2D eigenvalue weighted by Crippen LogP contribution is -2.29. The van der Waals surface area contributed by atoms with Crippen molar-refractivity contribution in [2.45, 2.75) is 32.1 Å². The van der Waals surface area contributed by atoms with Crippen LogP contribution < -0.4 is 10.1 Å². The first-order valence-electron chi connectivity index (χ1n) is 6.46. The summed E-state index contributed by atoms with van der Waals surface area (Å²) >= 11 is 0. The van der Waals surface area contributed by atoms with Crippen molar-refractivity contribution in [2.75, 3.05) is 19.4 Å². The van der Waals surface area contributed by atoms with Crippen LogP contribution in [0.5, 0.6) is 5.75 Å². The highest BCUT2D eigenvalue weighted by molar-refractivity contribution is 7.92. The van der Waals surface area contributed by atoms with Gasteiger partial charge in [0.1, 0.15) is 5.75 Å². The molecule has 4 nitrogen and oxygen atoms in total. The number of sulfone groups is 1. The fourth-order valence-electron chi connectivity index (χ4n) is 1.79. The molecule has 0 unspecified atom stereocenters. The Morgan fingerprint density at radius 1 is 1.21 bits per heavy atom. The fourth-order valence-corrected chi connectivity index (χ4v) is 2.66. The Labute approximate surface area is 116 Å². The van der Waals surface area contributed by atoms with E-state index in [1.807, 2.05) is 31.2 Å². The molecule has 1 aromatic carbocycles. The van der Waals surface area contributed by atoms with Crippen molar-refractivity contribution in [3.05, 3.63) is 29.8 Å². The summed E-state index contributed by atoms with van der Waals surface area (Å²) in [4.78, 5) is 0. The van der Waals surface area contributed by atoms with E-state index in [4.69, 9.17) is 4.74 Å². The van der Waals surface area contributed by atoms with Crippen molar-refractivity contribution in [2.24, 2.45) is 0 Å². The molecular weight excluding hydrogens is 262 g/mol. The van der Waals surface area contributed by atoms with Crippen LogP contribution in [0.1, 0.15) is 32.4 Å².